The van der Waals surface area contributed by atoms with Gasteiger partial charge in [-0.05, 0) is 6.92 Å². The molecule has 0 atom stereocenters. The van der Waals surface area contributed by atoms with Crippen molar-refractivity contribution >= 4 is 23.3 Å². The van der Waals surface area contributed by atoms with E-state index in [1.165, 1.54) is 10.9 Å². The van der Waals surface area contributed by atoms with Crippen LogP contribution in [-0.2, 0) is 29.7 Å². The standard InChI is InChI=1S/C11H14ClN5O2/c1-7-11(12)9(16(2)15-7)6-19-10(18)5-17-4-8(13)3-14-17/h3-4H,5-6,13H2,1-2H3. The summed E-state index contributed by atoms with van der Waals surface area (Å²) in [7, 11) is 1.75. The molecule has 0 fully saturated rings. The molecule has 7 nitrogen and oxygen atoms in total. The van der Waals surface area contributed by atoms with E-state index in [-0.39, 0.29) is 13.2 Å². The Balaban J connectivity index is 1.93. The monoisotopic (exact) mass is 283 g/mol. The van der Waals surface area contributed by atoms with E-state index in [4.69, 9.17) is 22.1 Å². The Kier molecular flexibility index (Phi) is 3.75. The summed E-state index contributed by atoms with van der Waals surface area (Å²) in [6.07, 6.45) is 3.02. The van der Waals surface area contributed by atoms with Crippen LogP contribution in [0.3, 0.4) is 0 Å². The third kappa shape index (κ3) is 3.05. The fraction of sp³-hybridized carbons (Fsp3) is 0.364. The SMILES string of the molecule is Cc1nn(C)c(COC(=O)Cn2cc(N)cn2)c1Cl. The van der Waals surface area contributed by atoms with E-state index in [9.17, 15) is 4.79 Å². The highest BCUT2D eigenvalue weighted by Gasteiger charge is 2.13. The van der Waals surface area contributed by atoms with Crippen LogP contribution in [0, 0.1) is 6.92 Å². The molecule has 0 aliphatic carbocycles. The fourth-order valence-corrected chi connectivity index (χ4v) is 1.84. The number of hydrogen-bond donors (Lipinski definition) is 1. The zero-order valence-corrected chi connectivity index (χ0v) is 11.4. The van der Waals surface area contributed by atoms with Crippen molar-refractivity contribution in [1.82, 2.24) is 19.6 Å². The molecule has 0 amide bonds. The number of carbonyl (C=O) groups is 1. The van der Waals surface area contributed by atoms with Crippen LogP contribution in [0.4, 0.5) is 5.69 Å². The highest BCUT2D eigenvalue weighted by molar-refractivity contribution is 6.31. The summed E-state index contributed by atoms with van der Waals surface area (Å²) < 4.78 is 8.13. The van der Waals surface area contributed by atoms with Crippen LogP contribution in [0.25, 0.3) is 0 Å². The molecule has 0 aromatic carbocycles. The molecule has 0 aliphatic heterocycles. The van der Waals surface area contributed by atoms with Crippen molar-refractivity contribution in [3.05, 3.63) is 28.8 Å². The van der Waals surface area contributed by atoms with Gasteiger partial charge in [0.15, 0.2) is 0 Å². The van der Waals surface area contributed by atoms with Crippen LogP contribution in [0.2, 0.25) is 5.02 Å². The van der Waals surface area contributed by atoms with Crippen LogP contribution in [0.15, 0.2) is 12.4 Å². The quantitative estimate of drug-likeness (QED) is 0.843. The second-order valence-electron chi connectivity index (χ2n) is 4.10. The lowest BCUT2D eigenvalue weighted by atomic mass is 10.4. The fourth-order valence-electron chi connectivity index (χ4n) is 1.63. The first-order valence-electron chi connectivity index (χ1n) is 5.59. The van der Waals surface area contributed by atoms with Crippen molar-refractivity contribution in [2.24, 2.45) is 7.05 Å². The number of nitrogens with two attached hydrogens (primary N) is 1. The number of rotatable bonds is 4. The van der Waals surface area contributed by atoms with Gasteiger partial charge in [0.1, 0.15) is 13.2 Å². The van der Waals surface area contributed by atoms with E-state index in [2.05, 4.69) is 10.2 Å². The molecule has 0 saturated heterocycles. The summed E-state index contributed by atoms with van der Waals surface area (Å²) in [5.41, 5.74) is 7.36. The minimum absolute atomic E-state index is 0.00561. The Morgan fingerprint density at radius 3 is 2.84 bits per heavy atom. The first kappa shape index (κ1) is 13.4. The number of ether oxygens (including phenoxy) is 1. The van der Waals surface area contributed by atoms with Gasteiger partial charge in [-0.25, -0.2) is 0 Å². The molecule has 0 unspecified atom stereocenters. The van der Waals surface area contributed by atoms with Crippen molar-refractivity contribution in [3.8, 4) is 0 Å². The topological polar surface area (TPSA) is 88.0 Å². The normalized spacial score (nSPS) is 10.7. The molecule has 0 saturated carbocycles. The van der Waals surface area contributed by atoms with Crippen molar-refractivity contribution in [2.45, 2.75) is 20.1 Å². The van der Waals surface area contributed by atoms with Crippen molar-refractivity contribution in [2.75, 3.05) is 5.73 Å². The van der Waals surface area contributed by atoms with Gasteiger partial charge in [0.2, 0.25) is 0 Å². The summed E-state index contributed by atoms with van der Waals surface area (Å²) in [5, 5.41) is 8.55. The highest BCUT2D eigenvalue weighted by Crippen LogP contribution is 2.20. The maximum absolute atomic E-state index is 11.6. The highest BCUT2D eigenvalue weighted by atomic mass is 35.5. The Morgan fingerprint density at radius 2 is 2.32 bits per heavy atom. The molecule has 0 spiro atoms. The van der Waals surface area contributed by atoms with Crippen LogP contribution >= 0.6 is 11.6 Å². The van der Waals surface area contributed by atoms with Crippen molar-refractivity contribution in [1.29, 1.82) is 0 Å². The Morgan fingerprint density at radius 1 is 1.58 bits per heavy atom. The lowest BCUT2D eigenvalue weighted by Crippen LogP contribution is -2.15. The van der Waals surface area contributed by atoms with Gasteiger partial charge < -0.3 is 10.5 Å². The van der Waals surface area contributed by atoms with Gasteiger partial charge in [-0.2, -0.15) is 10.2 Å². The summed E-state index contributed by atoms with van der Waals surface area (Å²) in [6.45, 7) is 1.87. The van der Waals surface area contributed by atoms with Crippen molar-refractivity contribution in [3.63, 3.8) is 0 Å². The molecule has 19 heavy (non-hydrogen) atoms. The summed E-state index contributed by atoms with van der Waals surface area (Å²) in [5.74, 6) is -0.419. The van der Waals surface area contributed by atoms with Gasteiger partial charge in [-0.3, -0.25) is 14.2 Å². The van der Waals surface area contributed by atoms with E-state index in [0.717, 1.165) is 0 Å². The molecular formula is C11H14ClN5O2. The Hall–Kier alpha value is -2.02. The summed E-state index contributed by atoms with van der Waals surface area (Å²) in [6, 6.07) is 0. The number of carbonyl (C=O) groups excluding carboxylic acids is 1. The van der Waals surface area contributed by atoms with E-state index in [0.29, 0.717) is 22.1 Å². The molecule has 2 aromatic rings. The molecule has 2 aromatic heterocycles. The average Bonchev–Trinajstić information content (AvgIpc) is 2.83. The second-order valence-corrected chi connectivity index (χ2v) is 4.48. The second kappa shape index (κ2) is 5.31. The predicted molar refractivity (Wildman–Crippen MR) is 69.4 cm³/mol. The smallest absolute Gasteiger partial charge is 0.328 e. The third-order valence-corrected chi connectivity index (χ3v) is 3.07. The molecule has 2 rings (SSSR count). The summed E-state index contributed by atoms with van der Waals surface area (Å²) >= 11 is 6.05. The zero-order chi connectivity index (χ0) is 14.0. The molecular weight excluding hydrogens is 270 g/mol. The van der Waals surface area contributed by atoms with Crippen LogP contribution < -0.4 is 5.73 Å². The van der Waals surface area contributed by atoms with Gasteiger partial charge in [-0.1, -0.05) is 11.6 Å². The van der Waals surface area contributed by atoms with E-state index >= 15 is 0 Å². The van der Waals surface area contributed by atoms with Gasteiger partial charge in [0, 0.05) is 13.2 Å². The Labute approximate surface area is 114 Å². The maximum Gasteiger partial charge on any atom is 0.328 e. The molecule has 0 radical (unpaired) electrons. The van der Waals surface area contributed by atoms with E-state index in [1.807, 2.05) is 0 Å². The van der Waals surface area contributed by atoms with Crippen LogP contribution in [-0.4, -0.2) is 25.5 Å². The third-order valence-electron chi connectivity index (χ3n) is 2.58. The maximum atomic E-state index is 11.6. The number of aryl methyl sites for hydroxylation is 2. The minimum atomic E-state index is -0.419. The number of esters is 1. The minimum Gasteiger partial charge on any atom is -0.458 e. The molecule has 8 heteroatoms. The molecule has 0 aliphatic rings. The van der Waals surface area contributed by atoms with Gasteiger partial charge in [0.25, 0.3) is 0 Å². The van der Waals surface area contributed by atoms with Gasteiger partial charge >= 0.3 is 5.97 Å². The molecule has 2 N–H and O–H groups in total. The predicted octanol–water partition coefficient (Wildman–Crippen LogP) is 0.904. The van der Waals surface area contributed by atoms with Crippen LogP contribution in [0.5, 0.6) is 0 Å². The number of aromatic nitrogens is 4. The van der Waals surface area contributed by atoms with E-state index < -0.39 is 5.97 Å². The number of nitrogens with zero attached hydrogens (tertiary/aromatic N) is 4. The first-order chi connectivity index (χ1) is 8.97. The Bertz CT molecular complexity index is 604. The average molecular weight is 284 g/mol. The zero-order valence-electron chi connectivity index (χ0n) is 10.6. The number of halogens is 1. The first-order valence-corrected chi connectivity index (χ1v) is 5.96. The number of anilines is 1. The van der Waals surface area contributed by atoms with Crippen LogP contribution in [0.1, 0.15) is 11.4 Å². The molecule has 2 heterocycles. The lowest BCUT2D eigenvalue weighted by Gasteiger charge is -2.05. The number of hydrogen-bond acceptors (Lipinski definition) is 5. The number of nitrogen functional groups attached to an aromatic ring is 1. The lowest BCUT2D eigenvalue weighted by molar-refractivity contribution is -0.146. The largest absolute Gasteiger partial charge is 0.458 e. The summed E-state index contributed by atoms with van der Waals surface area (Å²) in [4.78, 5) is 11.6. The van der Waals surface area contributed by atoms with E-state index in [1.54, 1.807) is 24.9 Å². The van der Waals surface area contributed by atoms with Gasteiger partial charge in [-0.15, -0.1) is 0 Å². The molecule has 0 bridgehead atoms. The van der Waals surface area contributed by atoms with Gasteiger partial charge in [0.05, 0.1) is 28.3 Å². The van der Waals surface area contributed by atoms with Crippen molar-refractivity contribution < 1.29 is 9.53 Å². The molecule has 102 valence electrons.